The summed E-state index contributed by atoms with van der Waals surface area (Å²) in [6, 6.07) is 7.05. The van der Waals surface area contributed by atoms with Crippen LogP contribution in [-0.2, 0) is 0 Å². The van der Waals surface area contributed by atoms with Gasteiger partial charge in [0.1, 0.15) is 17.3 Å². The highest BCUT2D eigenvalue weighted by Crippen LogP contribution is 2.21. The first-order valence-electron chi connectivity index (χ1n) is 8.02. The molecule has 1 aromatic carbocycles. The van der Waals surface area contributed by atoms with E-state index in [1.807, 2.05) is 13.0 Å². The minimum atomic E-state index is -0.280. The molecule has 1 aromatic heterocycles. The molecule has 1 amide bonds. The van der Waals surface area contributed by atoms with Gasteiger partial charge in [0.05, 0.1) is 0 Å². The van der Waals surface area contributed by atoms with E-state index in [0.29, 0.717) is 34.0 Å². The van der Waals surface area contributed by atoms with Gasteiger partial charge in [-0.05, 0) is 43.9 Å². The van der Waals surface area contributed by atoms with E-state index in [2.05, 4.69) is 34.4 Å². The lowest BCUT2D eigenvalue weighted by Crippen LogP contribution is -2.17. The van der Waals surface area contributed by atoms with Crippen molar-refractivity contribution in [2.45, 2.75) is 34.1 Å². The van der Waals surface area contributed by atoms with Crippen LogP contribution < -0.4 is 10.6 Å². The van der Waals surface area contributed by atoms with Gasteiger partial charge in [-0.1, -0.05) is 31.5 Å². The van der Waals surface area contributed by atoms with Crippen molar-refractivity contribution in [1.29, 1.82) is 0 Å². The minimum absolute atomic E-state index is 0.280. The molecule has 0 fully saturated rings. The van der Waals surface area contributed by atoms with Gasteiger partial charge >= 0.3 is 0 Å². The number of carbonyl (C=O) groups is 1. The molecule has 0 atom stereocenters. The predicted molar refractivity (Wildman–Crippen MR) is 98.9 cm³/mol. The van der Waals surface area contributed by atoms with E-state index in [0.717, 1.165) is 18.5 Å². The number of aryl methyl sites for hydroxylation is 2. The smallest absolute Gasteiger partial charge is 0.274 e. The first kappa shape index (κ1) is 18.2. The molecule has 2 aromatic rings. The molecule has 0 bridgehead atoms. The Kier molecular flexibility index (Phi) is 6.15. The SMILES string of the molecule is Cc1nc(NCCC(C)C)cc(C(=O)Nc2cc(Cl)ccc2C)n1. The maximum Gasteiger partial charge on any atom is 0.274 e. The van der Waals surface area contributed by atoms with Crippen molar-refractivity contribution in [2.24, 2.45) is 5.92 Å². The van der Waals surface area contributed by atoms with E-state index in [4.69, 9.17) is 11.6 Å². The third kappa shape index (κ3) is 5.20. The molecule has 24 heavy (non-hydrogen) atoms. The molecule has 6 heteroatoms. The van der Waals surface area contributed by atoms with Crippen LogP contribution in [0.15, 0.2) is 24.3 Å². The third-order valence-electron chi connectivity index (χ3n) is 3.55. The Hall–Kier alpha value is -2.14. The molecule has 0 aliphatic carbocycles. The minimum Gasteiger partial charge on any atom is -0.370 e. The lowest BCUT2D eigenvalue weighted by molar-refractivity contribution is 0.102. The number of hydrogen-bond donors (Lipinski definition) is 2. The first-order valence-corrected chi connectivity index (χ1v) is 8.40. The zero-order valence-corrected chi connectivity index (χ0v) is 15.2. The quantitative estimate of drug-likeness (QED) is 0.810. The molecule has 0 saturated heterocycles. The number of halogens is 1. The molecule has 128 valence electrons. The van der Waals surface area contributed by atoms with Gasteiger partial charge in [0.15, 0.2) is 0 Å². The van der Waals surface area contributed by atoms with Crippen molar-refractivity contribution in [2.75, 3.05) is 17.2 Å². The summed E-state index contributed by atoms with van der Waals surface area (Å²) < 4.78 is 0. The van der Waals surface area contributed by atoms with Gasteiger partial charge in [0.2, 0.25) is 0 Å². The van der Waals surface area contributed by atoms with Gasteiger partial charge in [-0.25, -0.2) is 9.97 Å². The van der Waals surface area contributed by atoms with Crippen LogP contribution in [-0.4, -0.2) is 22.4 Å². The number of benzene rings is 1. The summed E-state index contributed by atoms with van der Waals surface area (Å²) >= 11 is 5.99. The van der Waals surface area contributed by atoms with Gasteiger partial charge in [0, 0.05) is 23.3 Å². The Morgan fingerprint density at radius 3 is 2.67 bits per heavy atom. The fourth-order valence-corrected chi connectivity index (χ4v) is 2.35. The molecule has 5 nitrogen and oxygen atoms in total. The summed E-state index contributed by atoms with van der Waals surface area (Å²) in [7, 11) is 0. The Labute approximate surface area is 147 Å². The topological polar surface area (TPSA) is 66.9 Å². The molecular formula is C18H23ClN4O. The van der Waals surface area contributed by atoms with Crippen LogP contribution >= 0.6 is 11.6 Å². The summed E-state index contributed by atoms with van der Waals surface area (Å²) in [5.74, 6) is 1.54. The molecule has 0 unspecified atom stereocenters. The summed E-state index contributed by atoms with van der Waals surface area (Å²) in [4.78, 5) is 21.0. The number of amides is 1. The highest BCUT2D eigenvalue weighted by atomic mass is 35.5. The zero-order valence-electron chi connectivity index (χ0n) is 14.5. The Morgan fingerprint density at radius 1 is 1.21 bits per heavy atom. The van der Waals surface area contributed by atoms with Gasteiger partial charge in [-0.2, -0.15) is 0 Å². The molecule has 0 aliphatic rings. The molecule has 2 N–H and O–H groups in total. The number of hydrogen-bond acceptors (Lipinski definition) is 4. The van der Waals surface area contributed by atoms with Crippen molar-refractivity contribution in [3.63, 3.8) is 0 Å². The number of nitrogens with one attached hydrogen (secondary N) is 2. The highest BCUT2D eigenvalue weighted by molar-refractivity contribution is 6.31. The largest absolute Gasteiger partial charge is 0.370 e. The fraction of sp³-hybridized carbons (Fsp3) is 0.389. The molecule has 0 saturated carbocycles. The summed E-state index contributed by atoms with van der Waals surface area (Å²) in [5, 5.41) is 6.67. The number of aromatic nitrogens is 2. The van der Waals surface area contributed by atoms with E-state index < -0.39 is 0 Å². The van der Waals surface area contributed by atoms with Crippen molar-refractivity contribution in [3.05, 3.63) is 46.4 Å². The van der Waals surface area contributed by atoms with Crippen LogP contribution in [0.25, 0.3) is 0 Å². The van der Waals surface area contributed by atoms with Crippen molar-refractivity contribution in [3.8, 4) is 0 Å². The maximum absolute atomic E-state index is 12.5. The van der Waals surface area contributed by atoms with Crippen LogP contribution in [0, 0.1) is 19.8 Å². The maximum atomic E-state index is 12.5. The molecular weight excluding hydrogens is 324 g/mol. The average molecular weight is 347 g/mol. The fourth-order valence-electron chi connectivity index (χ4n) is 2.18. The molecule has 1 heterocycles. The number of carbonyl (C=O) groups excluding carboxylic acids is 1. The summed E-state index contributed by atoms with van der Waals surface area (Å²) in [6.07, 6.45) is 1.03. The van der Waals surface area contributed by atoms with Crippen molar-refractivity contribution in [1.82, 2.24) is 9.97 Å². The highest BCUT2D eigenvalue weighted by Gasteiger charge is 2.12. The summed E-state index contributed by atoms with van der Waals surface area (Å²) in [5.41, 5.74) is 1.95. The van der Waals surface area contributed by atoms with Gasteiger partial charge in [0.25, 0.3) is 5.91 Å². The van der Waals surface area contributed by atoms with E-state index in [-0.39, 0.29) is 5.91 Å². The second-order valence-corrected chi connectivity index (χ2v) is 6.64. The molecule has 0 spiro atoms. The normalized spacial score (nSPS) is 10.8. The predicted octanol–water partition coefficient (Wildman–Crippen LogP) is 4.46. The van der Waals surface area contributed by atoms with E-state index in [1.54, 1.807) is 25.1 Å². The van der Waals surface area contributed by atoms with Crippen LogP contribution in [0.1, 0.15) is 42.1 Å². The van der Waals surface area contributed by atoms with Crippen LogP contribution in [0.2, 0.25) is 5.02 Å². The second-order valence-electron chi connectivity index (χ2n) is 6.21. The lowest BCUT2D eigenvalue weighted by atomic mass is 10.1. The Balaban J connectivity index is 2.14. The monoisotopic (exact) mass is 346 g/mol. The zero-order chi connectivity index (χ0) is 17.7. The van der Waals surface area contributed by atoms with Gasteiger partial charge in [-0.15, -0.1) is 0 Å². The van der Waals surface area contributed by atoms with Crippen LogP contribution in [0.4, 0.5) is 11.5 Å². The van der Waals surface area contributed by atoms with E-state index in [9.17, 15) is 4.79 Å². The number of anilines is 2. The lowest BCUT2D eigenvalue weighted by Gasteiger charge is -2.11. The number of nitrogens with zero attached hydrogens (tertiary/aromatic N) is 2. The Bertz CT molecular complexity index is 731. The Morgan fingerprint density at radius 2 is 1.96 bits per heavy atom. The summed E-state index contributed by atoms with van der Waals surface area (Å²) in [6.45, 7) is 8.83. The molecule has 0 radical (unpaired) electrons. The van der Waals surface area contributed by atoms with E-state index in [1.165, 1.54) is 0 Å². The van der Waals surface area contributed by atoms with Crippen LogP contribution in [0.5, 0.6) is 0 Å². The van der Waals surface area contributed by atoms with Crippen molar-refractivity contribution < 1.29 is 4.79 Å². The standard InChI is InChI=1S/C18H23ClN4O/c1-11(2)7-8-20-17-10-16(21-13(4)22-17)18(24)23-15-9-14(19)6-5-12(15)3/h5-6,9-11H,7-8H2,1-4H3,(H,23,24)(H,20,21,22). The number of rotatable bonds is 6. The molecule has 2 rings (SSSR count). The first-order chi connectivity index (χ1) is 11.3. The van der Waals surface area contributed by atoms with Crippen LogP contribution in [0.3, 0.4) is 0 Å². The second kappa shape index (κ2) is 8.11. The average Bonchev–Trinajstić information content (AvgIpc) is 2.50. The van der Waals surface area contributed by atoms with Gasteiger partial charge < -0.3 is 10.6 Å². The van der Waals surface area contributed by atoms with Gasteiger partial charge in [-0.3, -0.25) is 4.79 Å². The van der Waals surface area contributed by atoms with E-state index >= 15 is 0 Å². The third-order valence-corrected chi connectivity index (χ3v) is 3.78. The van der Waals surface area contributed by atoms with Crippen molar-refractivity contribution >= 4 is 29.0 Å². The molecule has 0 aliphatic heterocycles.